The Bertz CT molecular complexity index is 224. The van der Waals surface area contributed by atoms with Gasteiger partial charge in [0.1, 0.15) is 0 Å². The van der Waals surface area contributed by atoms with Crippen molar-refractivity contribution in [2.75, 3.05) is 31.9 Å². The lowest BCUT2D eigenvalue weighted by molar-refractivity contribution is 0.121. The highest BCUT2D eigenvalue weighted by molar-refractivity contribution is 8.00. The molecule has 0 aromatic heterocycles. The number of aliphatic hydroxyl groups excluding tert-OH is 1. The quantitative estimate of drug-likeness (QED) is 0.744. The maximum atomic E-state index is 9.98. The monoisotopic (exact) mass is 274 g/mol. The number of hydrogen-bond acceptors (Lipinski definition) is 4. The SMILES string of the molecule is CC(CSC(C)(C)C)NCC(O)CN1CCCC1. The summed E-state index contributed by atoms with van der Waals surface area (Å²) < 4.78 is 0.324. The molecule has 0 spiro atoms. The van der Waals surface area contributed by atoms with Crippen molar-refractivity contribution in [1.82, 2.24) is 10.2 Å². The van der Waals surface area contributed by atoms with Crippen LogP contribution in [-0.4, -0.2) is 58.8 Å². The second-order valence-electron chi connectivity index (χ2n) is 6.39. The third-order valence-corrected chi connectivity index (χ3v) is 4.67. The minimum atomic E-state index is -0.231. The Kier molecular flexibility index (Phi) is 6.99. The van der Waals surface area contributed by atoms with Gasteiger partial charge in [-0.3, -0.25) is 0 Å². The lowest BCUT2D eigenvalue weighted by Crippen LogP contribution is -2.41. The Morgan fingerprint density at radius 1 is 1.28 bits per heavy atom. The van der Waals surface area contributed by atoms with E-state index in [1.54, 1.807) is 0 Å². The molecule has 1 aliphatic rings. The topological polar surface area (TPSA) is 35.5 Å². The second-order valence-corrected chi connectivity index (χ2v) is 8.24. The molecule has 4 heteroatoms. The van der Waals surface area contributed by atoms with Crippen molar-refractivity contribution >= 4 is 11.8 Å². The number of likely N-dealkylation sites (tertiary alicyclic amines) is 1. The fraction of sp³-hybridized carbons (Fsp3) is 1.00. The van der Waals surface area contributed by atoms with Crippen molar-refractivity contribution in [3.05, 3.63) is 0 Å². The smallest absolute Gasteiger partial charge is 0.0791 e. The predicted octanol–water partition coefficient (Wildman–Crippen LogP) is 1.95. The molecule has 1 fully saturated rings. The van der Waals surface area contributed by atoms with Crippen LogP contribution in [0.15, 0.2) is 0 Å². The Hall–Kier alpha value is 0.230. The highest BCUT2D eigenvalue weighted by Crippen LogP contribution is 2.23. The molecule has 0 saturated carbocycles. The minimum Gasteiger partial charge on any atom is -0.390 e. The molecule has 0 aromatic carbocycles. The number of rotatable bonds is 7. The third-order valence-electron chi connectivity index (χ3n) is 3.14. The van der Waals surface area contributed by atoms with Crippen LogP contribution in [0.5, 0.6) is 0 Å². The normalized spacial score (nSPS) is 21.2. The van der Waals surface area contributed by atoms with Gasteiger partial charge in [0.05, 0.1) is 6.10 Å². The van der Waals surface area contributed by atoms with Crippen LogP contribution in [0.2, 0.25) is 0 Å². The minimum absolute atomic E-state index is 0.231. The molecule has 1 saturated heterocycles. The molecule has 1 rings (SSSR count). The molecule has 3 nitrogen and oxygen atoms in total. The highest BCUT2D eigenvalue weighted by atomic mass is 32.2. The van der Waals surface area contributed by atoms with Crippen LogP contribution in [0, 0.1) is 0 Å². The average Bonchev–Trinajstić information content (AvgIpc) is 2.75. The van der Waals surface area contributed by atoms with Gasteiger partial charge in [0, 0.05) is 29.6 Å². The van der Waals surface area contributed by atoms with Crippen LogP contribution in [0.25, 0.3) is 0 Å². The molecule has 0 bridgehead atoms. The van der Waals surface area contributed by atoms with Gasteiger partial charge in [0.15, 0.2) is 0 Å². The molecular formula is C14H30N2OS. The highest BCUT2D eigenvalue weighted by Gasteiger charge is 2.17. The summed E-state index contributed by atoms with van der Waals surface area (Å²) in [5.41, 5.74) is 0. The molecule has 1 heterocycles. The molecule has 0 aromatic rings. The number of β-amino-alcohol motifs (C(OH)–C–C–N with tert-alkyl or cyclic N) is 1. The van der Waals surface area contributed by atoms with Crippen LogP contribution in [0.3, 0.4) is 0 Å². The maximum absolute atomic E-state index is 9.98. The largest absolute Gasteiger partial charge is 0.390 e. The van der Waals surface area contributed by atoms with Crippen molar-refractivity contribution in [2.45, 2.75) is 57.4 Å². The van der Waals surface area contributed by atoms with Gasteiger partial charge in [-0.25, -0.2) is 0 Å². The van der Waals surface area contributed by atoms with Gasteiger partial charge in [-0.05, 0) is 32.9 Å². The summed E-state index contributed by atoms with van der Waals surface area (Å²) in [4.78, 5) is 2.36. The van der Waals surface area contributed by atoms with Gasteiger partial charge in [-0.1, -0.05) is 20.8 Å². The van der Waals surface area contributed by atoms with E-state index in [4.69, 9.17) is 0 Å². The van der Waals surface area contributed by atoms with E-state index in [1.165, 1.54) is 12.8 Å². The van der Waals surface area contributed by atoms with Gasteiger partial charge in [0.25, 0.3) is 0 Å². The van der Waals surface area contributed by atoms with Gasteiger partial charge in [0.2, 0.25) is 0 Å². The molecule has 2 unspecified atom stereocenters. The van der Waals surface area contributed by atoms with Crippen LogP contribution < -0.4 is 5.32 Å². The first-order valence-electron chi connectivity index (χ1n) is 7.14. The first-order chi connectivity index (χ1) is 8.37. The van der Waals surface area contributed by atoms with E-state index >= 15 is 0 Å². The van der Waals surface area contributed by atoms with E-state index in [0.717, 1.165) is 25.4 Å². The second kappa shape index (κ2) is 7.73. The van der Waals surface area contributed by atoms with Crippen molar-refractivity contribution in [3.63, 3.8) is 0 Å². The van der Waals surface area contributed by atoms with E-state index in [9.17, 15) is 5.11 Å². The first-order valence-corrected chi connectivity index (χ1v) is 8.13. The van der Waals surface area contributed by atoms with Crippen LogP contribution in [0.4, 0.5) is 0 Å². The Labute approximate surface area is 117 Å². The van der Waals surface area contributed by atoms with Gasteiger partial charge < -0.3 is 15.3 Å². The van der Waals surface area contributed by atoms with E-state index < -0.39 is 0 Å². The number of nitrogens with one attached hydrogen (secondary N) is 1. The zero-order valence-electron chi connectivity index (χ0n) is 12.4. The van der Waals surface area contributed by atoms with Crippen molar-refractivity contribution in [1.29, 1.82) is 0 Å². The van der Waals surface area contributed by atoms with Crippen molar-refractivity contribution in [3.8, 4) is 0 Å². The van der Waals surface area contributed by atoms with Crippen molar-refractivity contribution < 1.29 is 5.11 Å². The summed E-state index contributed by atoms with van der Waals surface area (Å²) in [6.07, 6.45) is 2.35. The van der Waals surface area contributed by atoms with Gasteiger partial charge in [-0.2, -0.15) is 11.8 Å². The fourth-order valence-corrected chi connectivity index (χ4v) is 2.97. The molecule has 108 valence electrons. The summed E-state index contributed by atoms with van der Waals surface area (Å²) >= 11 is 1.97. The van der Waals surface area contributed by atoms with Crippen LogP contribution in [0.1, 0.15) is 40.5 Å². The Morgan fingerprint density at radius 3 is 2.44 bits per heavy atom. The molecule has 2 atom stereocenters. The Morgan fingerprint density at radius 2 is 1.89 bits per heavy atom. The molecule has 0 amide bonds. The molecule has 18 heavy (non-hydrogen) atoms. The molecule has 0 aliphatic carbocycles. The molecular weight excluding hydrogens is 244 g/mol. The van der Waals surface area contributed by atoms with Crippen LogP contribution in [-0.2, 0) is 0 Å². The zero-order valence-corrected chi connectivity index (χ0v) is 13.2. The summed E-state index contributed by atoms with van der Waals surface area (Å²) in [5.74, 6) is 1.10. The lowest BCUT2D eigenvalue weighted by Gasteiger charge is -2.24. The summed E-state index contributed by atoms with van der Waals surface area (Å²) in [5, 5.41) is 13.4. The molecule has 0 radical (unpaired) electrons. The summed E-state index contributed by atoms with van der Waals surface area (Å²) in [7, 11) is 0. The predicted molar refractivity (Wildman–Crippen MR) is 81.4 cm³/mol. The maximum Gasteiger partial charge on any atom is 0.0791 e. The Balaban J connectivity index is 2.07. The zero-order chi connectivity index (χ0) is 13.6. The summed E-state index contributed by atoms with van der Waals surface area (Å²) in [6, 6.07) is 0.461. The first kappa shape index (κ1) is 16.3. The molecule has 1 aliphatic heterocycles. The standard InChI is InChI=1S/C14H30N2OS/c1-12(11-18-14(2,3)4)15-9-13(17)10-16-7-5-6-8-16/h12-13,15,17H,5-11H2,1-4H3. The van der Waals surface area contributed by atoms with E-state index in [1.807, 2.05) is 11.8 Å². The van der Waals surface area contributed by atoms with Crippen LogP contribution >= 0.6 is 11.8 Å². The number of aliphatic hydroxyl groups is 1. The third kappa shape index (κ3) is 7.62. The summed E-state index contributed by atoms with van der Waals surface area (Å²) in [6.45, 7) is 12.8. The fourth-order valence-electron chi connectivity index (χ4n) is 2.10. The number of nitrogens with zero attached hydrogens (tertiary/aromatic N) is 1. The van der Waals surface area contributed by atoms with E-state index in [0.29, 0.717) is 17.3 Å². The number of thioether (sulfide) groups is 1. The van der Waals surface area contributed by atoms with E-state index in [-0.39, 0.29) is 6.10 Å². The van der Waals surface area contributed by atoms with Crippen molar-refractivity contribution in [2.24, 2.45) is 0 Å². The van der Waals surface area contributed by atoms with Gasteiger partial charge in [-0.15, -0.1) is 0 Å². The van der Waals surface area contributed by atoms with Gasteiger partial charge >= 0.3 is 0 Å². The average molecular weight is 274 g/mol. The number of hydrogen-bond donors (Lipinski definition) is 2. The molecule has 2 N–H and O–H groups in total. The van der Waals surface area contributed by atoms with E-state index in [2.05, 4.69) is 37.9 Å². The lowest BCUT2D eigenvalue weighted by atomic mass is 10.3.